The van der Waals surface area contributed by atoms with Crippen LogP contribution >= 0.6 is 0 Å². The van der Waals surface area contributed by atoms with E-state index in [1.807, 2.05) is 89.2 Å². The van der Waals surface area contributed by atoms with Crippen LogP contribution in [0.3, 0.4) is 0 Å². The molecule has 2 aromatic carbocycles. The summed E-state index contributed by atoms with van der Waals surface area (Å²) in [5, 5.41) is 0. The van der Waals surface area contributed by atoms with E-state index < -0.39 is 0 Å². The van der Waals surface area contributed by atoms with Crippen LogP contribution in [0.4, 0.5) is 0 Å². The molecule has 108 valence electrons. The van der Waals surface area contributed by atoms with E-state index in [2.05, 4.69) is 0 Å². The summed E-state index contributed by atoms with van der Waals surface area (Å²) in [5.74, 6) is 0.171. The third-order valence-corrected chi connectivity index (χ3v) is 2.58. The van der Waals surface area contributed by atoms with Crippen molar-refractivity contribution in [1.82, 2.24) is 0 Å². The van der Waals surface area contributed by atoms with Crippen LogP contribution in [-0.4, -0.2) is 5.78 Å². The number of rotatable bonds is 3. The minimum Gasteiger partial charge on any atom is -0.294 e. The van der Waals surface area contributed by atoms with Crippen molar-refractivity contribution in [3.05, 3.63) is 71.3 Å². The lowest BCUT2D eigenvalue weighted by Crippen LogP contribution is -2.02. The fourth-order valence-electron chi connectivity index (χ4n) is 1.62. The summed E-state index contributed by atoms with van der Waals surface area (Å²) in [5.41, 5.74) is 3.07. The van der Waals surface area contributed by atoms with Gasteiger partial charge in [-0.3, -0.25) is 4.79 Å². The molecular formula is C19H26O. The van der Waals surface area contributed by atoms with Crippen LogP contribution in [0, 0.1) is 6.92 Å². The molecule has 0 fully saturated rings. The van der Waals surface area contributed by atoms with Gasteiger partial charge < -0.3 is 0 Å². The van der Waals surface area contributed by atoms with Gasteiger partial charge in [-0.1, -0.05) is 87.9 Å². The van der Waals surface area contributed by atoms with E-state index in [9.17, 15) is 4.79 Å². The van der Waals surface area contributed by atoms with Gasteiger partial charge in [0.1, 0.15) is 0 Å². The Hall–Kier alpha value is -1.89. The van der Waals surface area contributed by atoms with Gasteiger partial charge in [-0.15, -0.1) is 0 Å². The highest BCUT2D eigenvalue weighted by Gasteiger charge is 2.05. The van der Waals surface area contributed by atoms with Gasteiger partial charge in [0.15, 0.2) is 5.78 Å². The number of aryl methyl sites for hydroxylation is 1. The van der Waals surface area contributed by atoms with Crippen LogP contribution in [0.15, 0.2) is 54.6 Å². The number of carbonyl (C=O) groups is 1. The molecule has 2 aromatic rings. The SMILES string of the molecule is CC.CC.Cc1ccc(CC(=O)c2ccccc2)cc1. The molecule has 20 heavy (non-hydrogen) atoms. The maximum absolute atomic E-state index is 11.9. The zero-order chi connectivity index (χ0) is 15.4. The van der Waals surface area contributed by atoms with E-state index in [0.29, 0.717) is 6.42 Å². The second kappa shape index (κ2) is 11.0. The highest BCUT2D eigenvalue weighted by Crippen LogP contribution is 2.08. The molecule has 0 unspecified atom stereocenters. The van der Waals surface area contributed by atoms with E-state index >= 15 is 0 Å². The summed E-state index contributed by atoms with van der Waals surface area (Å²) in [6.07, 6.45) is 0.476. The Morgan fingerprint density at radius 2 is 1.30 bits per heavy atom. The highest BCUT2D eigenvalue weighted by atomic mass is 16.1. The Bertz CT molecular complexity index is 469. The molecule has 0 saturated carbocycles. The second-order valence-corrected chi connectivity index (χ2v) is 3.95. The van der Waals surface area contributed by atoms with Gasteiger partial charge in [-0.05, 0) is 12.5 Å². The number of carbonyl (C=O) groups excluding carboxylic acids is 1. The Labute approximate surface area is 123 Å². The summed E-state index contributed by atoms with van der Waals surface area (Å²) >= 11 is 0. The minimum atomic E-state index is 0.171. The molecule has 0 N–H and O–H groups in total. The van der Waals surface area contributed by atoms with Gasteiger partial charge in [0.2, 0.25) is 0 Å². The third kappa shape index (κ3) is 6.33. The number of hydrogen-bond donors (Lipinski definition) is 0. The fraction of sp³-hybridized carbons (Fsp3) is 0.316. The molecule has 0 aromatic heterocycles. The first-order chi connectivity index (χ1) is 9.75. The van der Waals surface area contributed by atoms with Crippen molar-refractivity contribution < 1.29 is 4.79 Å². The van der Waals surface area contributed by atoms with Crippen LogP contribution in [0.25, 0.3) is 0 Å². The molecule has 0 atom stereocenters. The predicted molar refractivity (Wildman–Crippen MR) is 88.4 cm³/mol. The Kier molecular flexibility index (Phi) is 9.94. The molecule has 0 bridgehead atoms. The lowest BCUT2D eigenvalue weighted by Gasteiger charge is -2.01. The lowest BCUT2D eigenvalue weighted by molar-refractivity contribution is 0.0993. The molecule has 0 aliphatic rings. The van der Waals surface area contributed by atoms with Crippen molar-refractivity contribution >= 4 is 5.78 Å². The van der Waals surface area contributed by atoms with E-state index in [1.54, 1.807) is 0 Å². The number of benzene rings is 2. The number of ketones is 1. The molecule has 0 heterocycles. The standard InChI is InChI=1S/C15H14O.2C2H6/c1-12-7-9-13(10-8-12)11-15(16)14-5-3-2-4-6-14;2*1-2/h2-10H,11H2,1H3;2*1-2H3. The maximum atomic E-state index is 11.9. The molecule has 2 rings (SSSR count). The number of Topliss-reactive ketones (excluding diaryl/α,β-unsaturated/α-hetero) is 1. The largest absolute Gasteiger partial charge is 0.294 e. The minimum absolute atomic E-state index is 0.171. The molecule has 0 aliphatic carbocycles. The van der Waals surface area contributed by atoms with Crippen LogP contribution in [0.2, 0.25) is 0 Å². The average molecular weight is 270 g/mol. The Balaban J connectivity index is 0.000000829. The zero-order valence-corrected chi connectivity index (χ0v) is 13.3. The summed E-state index contributed by atoms with van der Waals surface area (Å²) in [6.45, 7) is 10.0. The van der Waals surface area contributed by atoms with Crippen LogP contribution in [0.5, 0.6) is 0 Å². The van der Waals surface area contributed by atoms with Crippen molar-refractivity contribution in [3.63, 3.8) is 0 Å². The Morgan fingerprint density at radius 1 is 0.800 bits per heavy atom. The first-order valence-electron chi connectivity index (χ1n) is 7.39. The van der Waals surface area contributed by atoms with Crippen molar-refractivity contribution in [2.45, 2.75) is 41.0 Å². The average Bonchev–Trinajstić information content (AvgIpc) is 2.54. The normalized spacial score (nSPS) is 8.65. The summed E-state index contributed by atoms with van der Waals surface area (Å²) in [7, 11) is 0. The summed E-state index contributed by atoms with van der Waals surface area (Å²) in [4.78, 5) is 11.9. The first-order valence-corrected chi connectivity index (χ1v) is 7.39. The lowest BCUT2D eigenvalue weighted by atomic mass is 10.0. The van der Waals surface area contributed by atoms with Crippen molar-refractivity contribution in [3.8, 4) is 0 Å². The first kappa shape index (κ1) is 18.1. The van der Waals surface area contributed by atoms with E-state index in [-0.39, 0.29) is 5.78 Å². The van der Waals surface area contributed by atoms with Crippen molar-refractivity contribution in [1.29, 1.82) is 0 Å². The molecule has 0 radical (unpaired) electrons. The van der Waals surface area contributed by atoms with Gasteiger partial charge in [0.25, 0.3) is 0 Å². The third-order valence-electron chi connectivity index (χ3n) is 2.58. The van der Waals surface area contributed by atoms with Gasteiger partial charge in [0.05, 0.1) is 0 Å². The summed E-state index contributed by atoms with van der Waals surface area (Å²) < 4.78 is 0. The highest BCUT2D eigenvalue weighted by molar-refractivity contribution is 5.97. The van der Waals surface area contributed by atoms with Crippen molar-refractivity contribution in [2.24, 2.45) is 0 Å². The zero-order valence-electron chi connectivity index (χ0n) is 13.3. The smallest absolute Gasteiger partial charge is 0.167 e. The van der Waals surface area contributed by atoms with Crippen LogP contribution in [0.1, 0.15) is 49.2 Å². The fourth-order valence-corrected chi connectivity index (χ4v) is 1.62. The van der Waals surface area contributed by atoms with Gasteiger partial charge in [0, 0.05) is 12.0 Å². The van der Waals surface area contributed by atoms with Gasteiger partial charge in [-0.25, -0.2) is 0 Å². The molecule has 0 amide bonds. The second-order valence-electron chi connectivity index (χ2n) is 3.95. The molecule has 0 saturated heterocycles. The molecular weight excluding hydrogens is 244 g/mol. The monoisotopic (exact) mass is 270 g/mol. The molecule has 1 nitrogen and oxygen atoms in total. The predicted octanol–water partition coefficient (Wildman–Crippen LogP) is 5.47. The topological polar surface area (TPSA) is 17.1 Å². The molecule has 0 spiro atoms. The maximum Gasteiger partial charge on any atom is 0.167 e. The van der Waals surface area contributed by atoms with Crippen LogP contribution in [-0.2, 0) is 6.42 Å². The van der Waals surface area contributed by atoms with Crippen LogP contribution < -0.4 is 0 Å². The number of hydrogen-bond acceptors (Lipinski definition) is 1. The summed E-state index contributed by atoms with van der Waals surface area (Å²) in [6, 6.07) is 17.5. The van der Waals surface area contributed by atoms with Gasteiger partial charge in [-0.2, -0.15) is 0 Å². The van der Waals surface area contributed by atoms with Crippen molar-refractivity contribution in [2.75, 3.05) is 0 Å². The van der Waals surface area contributed by atoms with E-state index in [1.165, 1.54) is 5.56 Å². The Morgan fingerprint density at radius 3 is 1.80 bits per heavy atom. The van der Waals surface area contributed by atoms with E-state index in [4.69, 9.17) is 0 Å². The molecule has 1 heteroatoms. The van der Waals surface area contributed by atoms with Gasteiger partial charge >= 0.3 is 0 Å². The quantitative estimate of drug-likeness (QED) is 0.676. The van der Waals surface area contributed by atoms with E-state index in [0.717, 1.165) is 11.1 Å². The molecule has 0 aliphatic heterocycles.